The zero-order valence-electron chi connectivity index (χ0n) is 15.3. The fourth-order valence-electron chi connectivity index (χ4n) is 3.29. The minimum atomic E-state index is 0.884. The Labute approximate surface area is 154 Å². The van der Waals surface area contributed by atoms with E-state index < -0.39 is 0 Å². The molecule has 0 spiro atoms. The summed E-state index contributed by atoms with van der Waals surface area (Å²) >= 11 is 0. The molecule has 0 amide bonds. The van der Waals surface area contributed by atoms with E-state index >= 15 is 0 Å². The molecule has 0 bridgehead atoms. The molecule has 4 aromatic rings. The van der Waals surface area contributed by atoms with Crippen LogP contribution in [0.1, 0.15) is 22.3 Å². The van der Waals surface area contributed by atoms with Crippen LogP contribution >= 0.6 is 0 Å². The number of hydrogen-bond acceptors (Lipinski definition) is 0. The number of fused-ring (bicyclic) bond motifs is 1. The van der Waals surface area contributed by atoms with Crippen molar-refractivity contribution in [3.8, 4) is 0 Å². The third-order valence-corrected chi connectivity index (χ3v) is 4.72. The van der Waals surface area contributed by atoms with Gasteiger partial charge in [0.05, 0.1) is 0 Å². The average Bonchev–Trinajstić information content (AvgIpc) is 2.99. The quantitative estimate of drug-likeness (QED) is 0.463. The normalized spacial score (nSPS) is 11.5. The molecule has 0 saturated carbocycles. The zero-order valence-corrected chi connectivity index (χ0v) is 15.3. The number of pyridine rings is 1. The van der Waals surface area contributed by atoms with Crippen molar-refractivity contribution in [2.75, 3.05) is 0 Å². The molecule has 0 aliphatic carbocycles. The van der Waals surface area contributed by atoms with E-state index in [-0.39, 0.29) is 0 Å². The van der Waals surface area contributed by atoms with Gasteiger partial charge in [-0.1, -0.05) is 54.1 Å². The van der Waals surface area contributed by atoms with Crippen molar-refractivity contribution >= 4 is 23.1 Å². The molecule has 0 aliphatic rings. The highest BCUT2D eigenvalue weighted by Gasteiger charge is 2.07. The first kappa shape index (κ1) is 16.3. The number of rotatable bonds is 4. The molecule has 2 heteroatoms. The number of nitrogens with zero attached hydrogens (tertiary/aromatic N) is 2. The highest BCUT2D eigenvalue weighted by Crippen LogP contribution is 2.25. The van der Waals surface area contributed by atoms with Gasteiger partial charge < -0.3 is 4.57 Å². The van der Waals surface area contributed by atoms with Crippen molar-refractivity contribution in [3.63, 3.8) is 0 Å². The van der Waals surface area contributed by atoms with Crippen molar-refractivity contribution in [1.82, 2.24) is 4.57 Å². The summed E-state index contributed by atoms with van der Waals surface area (Å²) in [6.07, 6.45) is 10.8. The van der Waals surface area contributed by atoms with Crippen LogP contribution in [0.4, 0.5) is 0 Å². The largest absolute Gasteiger partial charge is 0.342 e. The summed E-state index contributed by atoms with van der Waals surface area (Å²) in [5.41, 5.74) is 6.35. The monoisotopic (exact) mass is 339 g/mol. The van der Waals surface area contributed by atoms with Crippen molar-refractivity contribution in [2.24, 2.45) is 7.05 Å². The molecule has 0 aliphatic heterocycles. The molecule has 2 nitrogen and oxygen atoms in total. The number of aryl methyl sites for hydroxylation is 2. The Balaban J connectivity index is 1.74. The molecule has 2 heterocycles. The van der Waals surface area contributed by atoms with Crippen LogP contribution in [0, 0.1) is 6.92 Å². The van der Waals surface area contributed by atoms with Gasteiger partial charge in [0.1, 0.15) is 7.05 Å². The molecular formula is C24H23N2+. The van der Waals surface area contributed by atoms with E-state index in [1.54, 1.807) is 0 Å². The standard InChI is InChI=1S/C24H23N2/c1-19-8-11-24-23(16-19)22(10-9-20-12-14-25(2)15-13-20)18-26(24)17-21-6-4-3-5-7-21/h3-16,18H,17H2,1-2H3/q+1. The summed E-state index contributed by atoms with van der Waals surface area (Å²) in [5, 5.41) is 1.30. The maximum atomic E-state index is 2.34. The minimum Gasteiger partial charge on any atom is -0.342 e. The first-order valence-electron chi connectivity index (χ1n) is 8.96. The molecule has 2 aromatic carbocycles. The van der Waals surface area contributed by atoms with Crippen molar-refractivity contribution in [3.05, 3.63) is 102 Å². The Kier molecular flexibility index (Phi) is 4.40. The lowest BCUT2D eigenvalue weighted by Gasteiger charge is -2.05. The van der Waals surface area contributed by atoms with Gasteiger partial charge in [-0.25, -0.2) is 4.57 Å². The smallest absolute Gasteiger partial charge is 0.169 e. The third kappa shape index (κ3) is 3.45. The lowest BCUT2D eigenvalue weighted by Crippen LogP contribution is -2.25. The van der Waals surface area contributed by atoms with Crippen LogP contribution in [0.2, 0.25) is 0 Å². The molecule has 128 valence electrons. The predicted molar refractivity (Wildman–Crippen MR) is 109 cm³/mol. The first-order valence-corrected chi connectivity index (χ1v) is 8.96. The Bertz CT molecular complexity index is 1050. The minimum absolute atomic E-state index is 0.884. The van der Waals surface area contributed by atoms with Crippen LogP contribution in [-0.4, -0.2) is 4.57 Å². The lowest BCUT2D eigenvalue weighted by atomic mass is 10.1. The Morgan fingerprint density at radius 2 is 1.69 bits per heavy atom. The SMILES string of the molecule is Cc1ccc2c(c1)c(C=Cc1cc[n+](C)cc1)cn2Cc1ccccc1. The van der Waals surface area contributed by atoms with E-state index in [0.717, 1.165) is 6.54 Å². The van der Waals surface area contributed by atoms with Crippen LogP contribution < -0.4 is 4.57 Å². The second kappa shape index (κ2) is 7.01. The molecular weight excluding hydrogens is 316 g/mol. The second-order valence-corrected chi connectivity index (χ2v) is 6.85. The predicted octanol–water partition coefficient (Wildman–Crippen LogP) is 4.99. The van der Waals surface area contributed by atoms with E-state index in [1.807, 2.05) is 11.6 Å². The van der Waals surface area contributed by atoms with E-state index in [9.17, 15) is 0 Å². The van der Waals surface area contributed by atoms with Gasteiger partial charge in [-0.2, -0.15) is 0 Å². The average molecular weight is 339 g/mol. The summed E-state index contributed by atoms with van der Waals surface area (Å²) in [6, 6.07) is 21.6. The number of aromatic nitrogens is 2. The van der Waals surface area contributed by atoms with Crippen LogP contribution in [0.25, 0.3) is 23.1 Å². The first-order chi connectivity index (χ1) is 12.7. The topological polar surface area (TPSA) is 8.81 Å². The molecule has 0 unspecified atom stereocenters. The maximum Gasteiger partial charge on any atom is 0.169 e. The van der Waals surface area contributed by atoms with Gasteiger partial charge in [-0.3, -0.25) is 0 Å². The van der Waals surface area contributed by atoms with E-state index in [4.69, 9.17) is 0 Å². The lowest BCUT2D eigenvalue weighted by molar-refractivity contribution is -0.671. The van der Waals surface area contributed by atoms with Gasteiger partial charge in [-0.05, 0) is 30.2 Å². The van der Waals surface area contributed by atoms with Gasteiger partial charge >= 0.3 is 0 Å². The van der Waals surface area contributed by atoms with Gasteiger partial charge in [0, 0.05) is 41.3 Å². The molecule has 26 heavy (non-hydrogen) atoms. The van der Waals surface area contributed by atoms with Gasteiger partial charge in [-0.15, -0.1) is 0 Å². The van der Waals surface area contributed by atoms with Crippen LogP contribution in [-0.2, 0) is 13.6 Å². The van der Waals surface area contributed by atoms with Crippen LogP contribution in [0.5, 0.6) is 0 Å². The Hall–Kier alpha value is -3.13. The zero-order chi connectivity index (χ0) is 17.9. The summed E-state index contributed by atoms with van der Waals surface area (Å²) in [4.78, 5) is 0. The molecule has 4 rings (SSSR count). The Morgan fingerprint density at radius 1 is 0.923 bits per heavy atom. The highest BCUT2D eigenvalue weighted by molar-refractivity contribution is 5.92. The molecule has 0 fully saturated rings. The molecule has 0 radical (unpaired) electrons. The van der Waals surface area contributed by atoms with Gasteiger partial charge in [0.2, 0.25) is 0 Å². The molecule has 0 saturated heterocycles. The molecule has 0 atom stereocenters. The summed E-state index contributed by atoms with van der Waals surface area (Å²) < 4.78 is 4.39. The molecule has 0 N–H and O–H groups in total. The van der Waals surface area contributed by atoms with Gasteiger partial charge in [0.15, 0.2) is 12.4 Å². The van der Waals surface area contributed by atoms with Gasteiger partial charge in [0.25, 0.3) is 0 Å². The summed E-state index contributed by atoms with van der Waals surface area (Å²) in [6.45, 7) is 3.04. The number of hydrogen-bond donors (Lipinski definition) is 0. The third-order valence-electron chi connectivity index (χ3n) is 4.72. The second-order valence-electron chi connectivity index (χ2n) is 6.85. The van der Waals surface area contributed by atoms with Crippen molar-refractivity contribution in [2.45, 2.75) is 13.5 Å². The van der Waals surface area contributed by atoms with Crippen LogP contribution in [0.3, 0.4) is 0 Å². The highest BCUT2D eigenvalue weighted by atomic mass is 15.0. The van der Waals surface area contributed by atoms with E-state index in [0.29, 0.717) is 0 Å². The number of benzene rings is 2. The fourth-order valence-corrected chi connectivity index (χ4v) is 3.29. The van der Waals surface area contributed by atoms with E-state index in [1.165, 1.54) is 33.2 Å². The summed E-state index contributed by atoms with van der Waals surface area (Å²) in [5.74, 6) is 0. The van der Waals surface area contributed by atoms with E-state index in [2.05, 4.69) is 103 Å². The maximum absolute atomic E-state index is 2.34. The fraction of sp³-hybridized carbons (Fsp3) is 0.125. The van der Waals surface area contributed by atoms with Crippen LogP contribution in [0.15, 0.2) is 79.3 Å². The van der Waals surface area contributed by atoms with Crippen molar-refractivity contribution < 1.29 is 4.57 Å². The summed E-state index contributed by atoms with van der Waals surface area (Å²) in [7, 11) is 2.04. The van der Waals surface area contributed by atoms with Crippen molar-refractivity contribution in [1.29, 1.82) is 0 Å². The molecule has 2 aromatic heterocycles. The Morgan fingerprint density at radius 3 is 2.46 bits per heavy atom.